The Hall–Kier alpha value is -2.57. The average Bonchev–Trinajstić information content (AvgIpc) is 3.39. The molecule has 1 aliphatic carbocycles. The van der Waals surface area contributed by atoms with Gasteiger partial charge in [-0.1, -0.05) is 31.9 Å². The fraction of sp³-hybridized carbons (Fsp3) is 0.526. The molecule has 1 amide bonds. The molecule has 3 rings (SSSR count). The fourth-order valence-electron chi connectivity index (χ4n) is 3.32. The van der Waals surface area contributed by atoms with Crippen LogP contribution in [-0.4, -0.2) is 32.2 Å². The average molecular weight is 359 g/mol. The molecule has 0 spiro atoms. The van der Waals surface area contributed by atoms with Gasteiger partial charge in [-0.2, -0.15) is 0 Å². The first-order valence-electron chi connectivity index (χ1n) is 9.21. The van der Waals surface area contributed by atoms with Gasteiger partial charge in [-0.25, -0.2) is 9.59 Å². The summed E-state index contributed by atoms with van der Waals surface area (Å²) in [7, 11) is 0. The summed E-state index contributed by atoms with van der Waals surface area (Å²) >= 11 is 0. The highest BCUT2D eigenvalue weighted by atomic mass is 16.4. The van der Waals surface area contributed by atoms with E-state index in [1.807, 2.05) is 31.2 Å². The zero-order valence-corrected chi connectivity index (χ0v) is 15.0. The van der Waals surface area contributed by atoms with Gasteiger partial charge in [0.05, 0.1) is 11.0 Å². The predicted octanol–water partition coefficient (Wildman–Crippen LogP) is 1.97. The number of nitrogens with one attached hydrogen (secondary N) is 1. The van der Waals surface area contributed by atoms with Gasteiger partial charge in [-0.3, -0.25) is 13.9 Å². The van der Waals surface area contributed by atoms with E-state index in [0.717, 1.165) is 30.3 Å². The number of amides is 1. The molecule has 0 bridgehead atoms. The highest BCUT2D eigenvalue weighted by Gasteiger charge is 2.30. The van der Waals surface area contributed by atoms with Crippen molar-refractivity contribution in [3.05, 3.63) is 34.7 Å². The third-order valence-corrected chi connectivity index (χ3v) is 4.83. The van der Waals surface area contributed by atoms with Crippen LogP contribution in [0.15, 0.2) is 29.1 Å². The number of nitrogens with zero attached hydrogens (tertiary/aromatic N) is 2. The normalized spacial score (nSPS) is 15.1. The fourth-order valence-corrected chi connectivity index (χ4v) is 3.32. The van der Waals surface area contributed by atoms with Crippen LogP contribution in [0.3, 0.4) is 0 Å². The Balaban J connectivity index is 1.70. The van der Waals surface area contributed by atoms with Crippen LogP contribution in [0.4, 0.5) is 0 Å². The van der Waals surface area contributed by atoms with Crippen LogP contribution in [0.5, 0.6) is 0 Å². The minimum atomic E-state index is -0.998. The molecule has 1 aromatic heterocycles. The molecular formula is C19H25N3O4. The smallest absolute Gasteiger partial charge is 0.329 e. The Bertz CT molecular complexity index is 863. The molecule has 1 aromatic carbocycles. The second kappa shape index (κ2) is 7.76. The van der Waals surface area contributed by atoms with Crippen LogP contribution in [0.25, 0.3) is 11.0 Å². The van der Waals surface area contributed by atoms with E-state index in [1.165, 1.54) is 0 Å². The molecule has 1 unspecified atom stereocenters. The van der Waals surface area contributed by atoms with Crippen molar-refractivity contribution in [2.45, 2.75) is 58.2 Å². The zero-order chi connectivity index (χ0) is 18.7. The summed E-state index contributed by atoms with van der Waals surface area (Å²) in [6.45, 7) is 2.87. The van der Waals surface area contributed by atoms with Gasteiger partial charge in [0, 0.05) is 19.5 Å². The number of benzene rings is 1. The number of hydrogen-bond donors (Lipinski definition) is 2. The molecule has 1 fully saturated rings. The monoisotopic (exact) mass is 359 g/mol. The second-order valence-electron chi connectivity index (χ2n) is 6.96. The maximum absolute atomic E-state index is 12.7. The van der Waals surface area contributed by atoms with Gasteiger partial charge in [0.2, 0.25) is 5.91 Å². The number of hydrogen-bond acceptors (Lipinski definition) is 3. The molecule has 140 valence electrons. The largest absolute Gasteiger partial charge is 0.480 e. The van der Waals surface area contributed by atoms with Gasteiger partial charge in [0.15, 0.2) is 0 Å². The number of carbonyl (C=O) groups is 2. The van der Waals surface area contributed by atoms with Crippen molar-refractivity contribution in [3.63, 3.8) is 0 Å². The highest BCUT2D eigenvalue weighted by Crippen LogP contribution is 2.33. The summed E-state index contributed by atoms with van der Waals surface area (Å²) in [6.07, 6.45) is 3.47. The van der Waals surface area contributed by atoms with Gasteiger partial charge in [-0.05, 0) is 30.9 Å². The van der Waals surface area contributed by atoms with E-state index in [-0.39, 0.29) is 24.6 Å². The molecule has 0 saturated heterocycles. The molecule has 7 heteroatoms. The van der Waals surface area contributed by atoms with Crippen LogP contribution < -0.4 is 11.0 Å². The molecule has 0 aliphatic heterocycles. The number of aryl methyl sites for hydroxylation is 2. The number of aromatic nitrogens is 2. The number of rotatable bonds is 9. The lowest BCUT2D eigenvalue weighted by Crippen LogP contribution is -2.41. The van der Waals surface area contributed by atoms with E-state index in [4.69, 9.17) is 0 Å². The molecule has 2 N–H and O–H groups in total. The van der Waals surface area contributed by atoms with Crippen LogP contribution in [0.1, 0.15) is 39.0 Å². The molecule has 26 heavy (non-hydrogen) atoms. The summed E-state index contributed by atoms with van der Waals surface area (Å²) in [5.41, 5.74) is 1.53. The lowest BCUT2D eigenvalue weighted by Gasteiger charge is -2.14. The van der Waals surface area contributed by atoms with Crippen molar-refractivity contribution in [2.24, 2.45) is 5.92 Å². The van der Waals surface area contributed by atoms with Gasteiger partial charge >= 0.3 is 11.7 Å². The predicted molar refractivity (Wildman–Crippen MR) is 98.0 cm³/mol. The number of fused-ring (bicyclic) bond motifs is 1. The molecule has 1 aliphatic rings. The standard InChI is InChI=1S/C19H25N3O4/c1-2-10-21-15-5-3-4-6-16(15)22(19(21)26)11-9-17(23)20-14(18(24)25)12-13-7-8-13/h3-6,13-14H,2,7-12H2,1H3,(H,20,23)(H,24,25). The Morgan fingerprint density at radius 3 is 2.35 bits per heavy atom. The first-order valence-corrected chi connectivity index (χ1v) is 9.21. The summed E-state index contributed by atoms with van der Waals surface area (Å²) in [5, 5.41) is 11.9. The quantitative estimate of drug-likeness (QED) is 0.716. The summed E-state index contributed by atoms with van der Waals surface area (Å²) in [6, 6.07) is 6.69. The van der Waals surface area contributed by atoms with Gasteiger partial charge in [0.25, 0.3) is 0 Å². The van der Waals surface area contributed by atoms with Crippen molar-refractivity contribution in [2.75, 3.05) is 0 Å². The minimum Gasteiger partial charge on any atom is -0.480 e. The topological polar surface area (TPSA) is 93.3 Å². The lowest BCUT2D eigenvalue weighted by atomic mass is 10.1. The lowest BCUT2D eigenvalue weighted by molar-refractivity contribution is -0.142. The molecule has 0 radical (unpaired) electrons. The SMILES string of the molecule is CCCn1c(=O)n(CCC(=O)NC(CC2CC2)C(=O)O)c2ccccc21. The van der Waals surface area contributed by atoms with Gasteiger partial charge < -0.3 is 10.4 Å². The molecule has 7 nitrogen and oxygen atoms in total. The first-order chi connectivity index (χ1) is 12.5. The summed E-state index contributed by atoms with van der Waals surface area (Å²) < 4.78 is 3.32. The summed E-state index contributed by atoms with van der Waals surface area (Å²) in [4.78, 5) is 36.2. The number of aliphatic carboxylic acids is 1. The third kappa shape index (κ3) is 3.98. The molecule has 2 aromatic rings. The van der Waals surface area contributed by atoms with Gasteiger partial charge in [-0.15, -0.1) is 0 Å². The van der Waals surface area contributed by atoms with Crippen molar-refractivity contribution < 1.29 is 14.7 Å². The van der Waals surface area contributed by atoms with E-state index in [1.54, 1.807) is 9.13 Å². The second-order valence-corrected chi connectivity index (χ2v) is 6.96. The molecule has 1 atom stereocenters. The number of carboxylic acid groups (broad SMARTS) is 1. The summed E-state index contributed by atoms with van der Waals surface area (Å²) in [5.74, 6) is -0.926. The van der Waals surface area contributed by atoms with Gasteiger partial charge in [0.1, 0.15) is 6.04 Å². The van der Waals surface area contributed by atoms with Crippen molar-refractivity contribution >= 4 is 22.9 Å². The van der Waals surface area contributed by atoms with Crippen molar-refractivity contribution in [3.8, 4) is 0 Å². The Kier molecular flexibility index (Phi) is 5.44. The van der Waals surface area contributed by atoms with Crippen LogP contribution >= 0.6 is 0 Å². The molecule has 1 heterocycles. The number of imidazole rings is 1. The van der Waals surface area contributed by atoms with E-state index in [2.05, 4.69) is 5.32 Å². The maximum Gasteiger partial charge on any atom is 0.329 e. The molecule has 1 saturated carbocycles. The van der Waals surface area contributed by atoms with E-state index >= 15 is 0 Å². The maximum atomic E-state index is 12.7. The highest BCUT2D eigenvalue weighted by molar-refractivity contribution is 5.83. The molecular weight excluding hydrogens is 334 g/mol. The van der Waals surface area contributed by atoms with Crippen molar-refractivity contribution in [1.82, 2.24) is 14.5 Å². The first kappa shape index (κ1) is 18.2. The zero-order valence-electron chi connectivity index (χ0n) is 15.0. The number of carbonyl (C=O) groups excluding carboxylic acids is 1. The van der Waals surface area contributed by atoms with E-state index < -0.39 is 12.0 Å². The third-order valence-electron chi connectivity index (χ3n) is 4.83. The van der Waals surface area contributed by atoms with E-state index in [9.17, 15) is 19.5 Å². The number of para-hydroxylation sites is 2. The van der Waals surface area contributed by atoms with Crippen LogP contribution in [0.2, 0.25) is 0 Å². The Morgan fingerprint density at radius 1 is 1.19 bits per heavy atom. The Morgan fingerprint density at radius 2 is 1.81 bits per heavy atom. The van der Waals surface area contributed by atoms with Crippen LogP contribution in [0, 0.1) is 5.92 Å². The van der Waals surface area contributed by atoms with Crippen LogP contribution in [-0.2, 0) is 22.7 Å². The Labute approximate surface area is 151 Å². The van der Waals surface area contributed by atoms with Crippen molar-refractivity contribution in [1.29, 1.82) is 0 Å². The minimum absolute atomic E-state index is 0.0779. The number of carboxylic acids is 1. The van der Waals surface area contributed by atoms with E-state index in [0.29, 0.717) is 18.9 Å².